The molecule has 2 nitrogen and oxygen atoms in total. The highest BCUT2D eigenvalue weighted by molar-refractivity contribution is 9.10. The summed E-state index contributed by atoms with van der Waals surface area (Å²) in [6.07, 6.45) is 0. The Hall–Kier alpha value is -1.17. The molecule has 106 valence electrons. The molecule has 0 bridgehead atoms. The molecule has 0 aliphatic carbocycles. The van der Waals surface area contributed by atoms with E-state index in [-0.39, 0.29) is 10.6 Å². The van der Waals surface area contributed by atoms with E-state index in [2.05, 4.69) is 15.9 Å². The summed E-state index contributed by atoms with van der Waals surface area (Å²) in [6, 6.07) is 6.23. The van der Waals surface area contributed by atoms with Crippen molar-refractivity contribution >= 4 is 27.5 Å². The maximum atomic E-state index is 13.8. The first-order valence-electron chi connectivity index (χ1n) is 5.67. The summed E-state index contributed by atoms with van der Waals surface area (Å²) < 4.78 is 33.1. The highest BCUT2D eigenvalue weighted by Crippen LogP contribution is 2.31. The van der Waals surface area contributed by atoms with Crippen molar-refractivity contribution in [2.45, 2.75) is 6.04 Å². The van der Waals surface area contributed by atoms with E-state index in [0.717, 1.165) is 12.1 Å². The molecule has 0 aliphatic rings. The van der Waals surface area contributed by atoms with Crippen molar-refractivity contribution in [2.75, 3.05) is 7.11 Å². The van der Waals surface area contributed by atoms with Crippen LogP contribution in [-0.2, 0) is 0 Å². The molecule has 0 fully saturated rings. The predicted octanol–water partition coefficient (Wildman–Crippen LogP) is 4.44. The second-order valence-corrected chi connectivity index (χ2v) is 5.42. The topological polar surface area (TPSA) is 35.2 Å². The van der Waals surface area contributed by atoms with Gasteiger partial charge < -0.3 is 10.5 Å². The molecule has 2 N–H and O–H groups in total. The molecule has 2 aromatic carbocycles. The van der Waals surface area contributed by atoms with Crippen LogP contribution in [0.1, 0.15) is 17.2 Å². The molecular formula is C14H11BrClF2NO. The predicted molar refractivity (Wildman–Crippen MR) is 78.1 cm³/mol. The fraction of sp³-hybridized carbons (Fsp3) is 0.143. The maximum absolute atomic E-state index is 13.8. The summed E-state index contributed by atoms with van der Waals surface area (Å²) in [5.41, 5.74) is 6.65. The number of hydrogen-bond acceptors (Lipinski definition) is 2. The molecular weight excluding hydrogens is 352 g/mol. The van der Waals surface area contributed by atoms with E-state index in [9.17, 15) is 8.78 Å². The average Bonchev–Trinajstić information content (AvgIpc) is 2.42. The van der Waals surface area contributed by atoms with Gasteiger partial charge in [-0.1, -0.05) is 17.7 Å². The van der Waals surface area contributed by atoms with E-state index >= 15 is 0 Å². The van der Waals surface area contributed by atoms with Crippen molar-refractivity contribution < 1.29 is 13.5 Å². The molecule has 0 heterocycles. The molecule has 6 heteroatoms. The molecule has 0 spiro atoms. The first-order valence-corrected chi connectivity index (χ1v) is 6.84. The molecule has 2 aromatic rings. The Morgan fingerprint density at radius 2 is 1.90 bits per heavy atom. The zero-order chi connectivity index (χ0) is 14.9. The van der Waals surface area contributed by atoms with Crippen LogP contribution in [0.2, 0.25) is 5.02 Å². The van der Waals surface area contributed by atoms with Gasteiger partial charge in [0.15, 0.2) is 0 Å². The molecule has 0 radical (unpaired) electrons. The van der Waals surface area contributed by atoms with Gasteiger partial charge in [-0.3, -0.25) is 0 Å². The molecule has 0 saturated heterocycles. The Morgan fingerprint density at radius 1 is 1.20 bits per heavy atom. The normalized spacial score (nSPS) is 12.3. The van der Waals surface area contributed by atoms with Crippen molar-refractivity contribution in [3.8, 4) is 5.75 Å². The van der Waals surface area contributed by atoms with Gasteiger partial charge in [0.2, 0.25) is 0 Å². The van der Waals surface area contributed by atoms with Crippen molar-refractivity contribution in [2.24, 2.45) is 5.73 Å². The van der Waals surface area contributed by atoms with Crippen LogP contribution in [0, 0.1) is 11.6 Å². The van der Waals surface area contributed by atoms with E-state index in [4.69, 9.17) is 22.1 Å². The van der Waals surface area contributed by atoms with Crippen molar-refractivity contribution in [3.05, 3.63) is 62.6 Å². The Morgan fingerprint density at radius 3 is 2.50 bits per heavy atom. The summed E-state index contributed by atoms with van der Waals surface area (Å²) in [6.45, 7) is 0. The third-order valence-corrected chi connectivity index (χ3v) is 3.82. The third kappa shape index (κ3) is 2.95. The van der Waals surface area contributed by atoms with Gasteiger partial charge in [-0.05, 0) is 45.8 Å². The lowest BCUT2D eigenvalue weighted by molar-refractivity contribution is 0.412. The van der Waals surface area contributed by atoms with Gasteiger partial charge in [-0.15, -0.1) is 0 Å². The van der Waals surface area contributed by atoms with Gasteiger partial charge in [0, 0.05) is 5.56 Å². The highest BCUT2D eigenvalue weighted by atomic mass is 79.9. The summed E-state index contributed by atoms with van der Waals surface area (Å²) >= 11 is 8.84. The Labute approximate surface area is 128 Å². The molecule has 1 unspecified atom stereocenters. The summed E-state index contributed by atoms with van der Waals surface area (Å²) in [4.78, 5) is 0. The van der Waals surface area contributed by atoms with Crippen LogP contribution < -0.4 is 10.5 Å². The summed E-state index contributed by atoms with van der Waals surface area (Å²) in [5, 5.41) is -0.269. The van der Waals surface area contributed by atoms with E-state index in [1.54, 1.807) is 18.2 Å². The van der Waals surface area contributed by atoms with Crippen LogP contribution in [0.5, 0.6) is 5.75 Å². The monoisotopic (exact) mass is 361 g/mol. The van der Waals surface area contributed by atoms with E-state index < -0.39 is 17.7 Å². The van der Waals surface area contributed by atoms with Crippen molar-refractivity contribution in [3.63, 3.8) is 0 Å². The van der Waals surface area contributed by atoms with Crippen LogP contribution in [0.25, 0.3) is 0 Å². The zero-order valence-electron chi connectivity index (χ0n) is 10.5. The molecule has 1 atom stereocenters. The lowest BCUT2D eigenvalue weighted by atomic mass is 9.99. The smallest absolute Gasteiger partial charge is 0.142 e. The van der Waals surface area contributed by atoms with Crippen molar-refractivity contribution in [1.29, 1.82) is 0 Å². The van der Waals surface area contributed by atoms with Gasteiger partial charge in [0.25, 0.3) is 0 Å². The Kier molecular flexibility index (Phi) is 4.62. The lowest BCUT2D eigenvalue weighted by Crippen LogP contribution is -2.14. The van der Waals surface area contributed by atoms with Crippen molar-refractivity contribution in [1.82, 2.24) is 0 Å². The van der Waals surface area contributed by atoms with E-state index in [1.165, 1.54) is 7.11 Å². The Bertz CT molecular complexity index is 651. The standard InChI is InChI=1S/C14H11BrClF2NO/c1-20-13-3-2-7(4-9(13)15)14(19)8-5-12(18)10(16)6-11(8)17/h2-6,14H,19H2,1H3. The number of rotatable bonds is 3. The first kappa shape index (κ1) is 15.2. The summed E-state index contributed by atoms with van der Waals surface area (Å²) in [7, 11) is 1.54. The Balaban J connectivity index is 2.43. The van der Waals surface area contributed by atoms with Crippen LogP contribution in [0.3, 0.4) is 0 Å². The van der Waals surface area contributed by atoms with Crippen LogP contribution >= 0.6 is 27.5 Å². The molecule has 0 amide bonds. The van der Waals surface area contributed by atoms with Gasteiger partial charge >= 0.3 is 0 Å². The van der Waals surface area contributed by atoms with Crippen LogP contribution in [-0.4, -0.2) is 7.11 Å². The fourth-order valence-electron chi connectivity index (χ4n) is 1.83. The largest absolute Gasteiger partial charge is 0.496 e. The average molecular weight is 363 g/mol. The number of hydrogen-bond donors (Lipinski definition) is 1. The minimum atomic E-state index is -0.802. The molecule has 20 heavy (non-hydrogen) atoms. The van der Waals surface area contributed by atoms with Gasteiger partial charge in [-0.2, -0.15) is 0 Å². The minimum absolute atomic E-state index is 0.0453. The van der Waals surface area contributed by atoms with Gasteiger partial charge in [0.05, 0.1) is 22.6 Å². The number of methoxy groups -OCH3 is 1. The van der Waals surface area contributed by atoms with E-state index in [0.29, 0.717) is 15.8 Å². The SMILES string of the molecule is COc1ccc(C(N)c2cc(F)c(Cl)cc2F)cc1Br. The lowest BCUT2D eigenvalue weighted by Gasteiger charge is -2.15. The summed E-state index contributed by atoms with van der Waals surface area (Å²) in [5.74, 6) is -0.717. The molecule has 0 aromatic heterocycles. The molecule has 0 saturated carbocycles. The van der Waals surface area contributed by atoms with Gasteiger partial charge in [0.1, 0.15) is 17.4 Å². The third-order valence-electron chi connectivity index (χ3n) is 2.91. The van der Waals surface area contributed by atoms with Crippen LogP contribution in [0.4, 0.5) is 8.78 Å². The second kappa shape index (κ2) is 6.08. The quantitative estimate of drug-likeness (QED) is 0.820. The first-order chi connectivity index (χ1) is 9.43. The van der Waals surface area contributed by atoms with Gasteiger partial charge in [-0.25, -0.2) is 8.78 Å². The fourth-order valence-corrected chi connectivity index (χ4v) is 2.54. The minimum Gasteiger partial charge on any atom is -0.496 e. The zero-order valence-corrected chi connectivity index (χ0v) is 12.8. The van der Waals surface area contributed by atoms with Crippen LogP contribution in [0.15, 0.2) is 34.8 Å². The number of benzene rings is 2. The number of halogens is 4. The maximum Gasteiger partial charge on any atom is 0.142 e. The van der Waals surface area contributed by atoms with E-state index in [1.807, 2.05) is 0 Å². The molecule has 2 rings (SSSR count). The highest BCUT2D eigenvalue weighted by Gasteiger charge is 2.17. The second-order valence-electron chi connectivity index (χ2n) is 4.16. The molecule has 0 aliphatic heterocycles. The number of nitrogens with two attached hydrogens (primary N) is 1. The number of ether oxygens (including phenoxy) is 1.